The normalized spacial score (nSPS) is 18.3. The van der Waals surface area contributed by atoms with Crippen molar-refractivity contribution >= 4 is 11.6 Å². The van der Waals surface area contributed by atoms with Crippen LogP contribution in [0.25, 0.3) is 5.65 Å². The number of pyridine rings is 1. The molecule has 0 spiro atoms. The molecule has 1 fully saturated rings. The third-order valence-corrected chi connectivity index (χ3v) is 4.24. The summed E-state index contributed by atoms with van der Waals surface area (Å²) in [7, 11) is 0. The van der Waals surface area contributed by atoms with Gasteiger partial charge in [0.15, 0.2) is 6.10 Å². The standard InChI is InChI=1S/C15H16F3N3O2/c16-15(17,18)13(22)10-4-7-20(8-5-10)14(23)11-9-19-12-3-1-2-6-21(11)12/h1-3,6,9-10,13,22H,4-5,7-8H2. The number of alkyl halides is 3. The lowest BCUT2D eigenvalue weighted by molar-refractivity contribution is -0.222. The van der Waals surface area contributed by atoms with Gasteiger partial charge in [0.05, 0.1) is 6.20 Å². The SMILES string of the molecule is O=C(c1cnc2ccccn12)N1CCC(C(O)C(F)(F)F)CC1. The Hall–Kier alpha value is -2.09. The number of nitrogens with zero attached hydrogens (tertiary/aromatic N) is 3. The maximum atomic E-state index is 12.5. The molecule has 8 heteroatoms. The average molecular weight is 327 g/mol. The van der Waals surface area contributed by atoms with E-state index in [4.69, 9.17) is 0 Å². The van der Waals surface area contributed by atoms with Crippen LogP contribution in [0.5, 0.6) is 0 Å². The highest BCUT2D eigenvalue weighted by Gasteiger charge is 2.44. The van der Waals surface area contributed by atoms with Crippen molar-refractivity contribution in [1.29, 1.82) is 0 Å². The molecule has 1 unspecified atom stereocenters. The van der Waals surface area contributed by atoms with Crippen LogP contribution in [-0.4, -0.2) is 50.7 Å². The molecule has 3 heterocycles. The highest BCUT2D eigenvalue weighted by molar-refractivity contribution is 5.93. The lowest BCUT2D eigenvalue weighted by Gasteiger charge is -2.34. The molecular formula is C15H16F3N3O2. The molecule has 1 amide bonds. The predicted octanol–water partition coefficient (Wildman–Crippen LogP) is 2.11. The van der Waals surface area contributed by atoms with Gasteiger partial charge in [-0.3, -0.25) is 9.20 Å². The van der Waals surface area contributed by atoms with E-state index in [0.717, 1.165) is 0 Å². The van der Waals surface area contributed by atoms with Crippen LogP contribution in [-0.2, 0) is 0 Å². The minimum Gasteiger partial charge on any atom is -0.383 e. The van der Waals surface area contributed by atoms with Crippen LogP contribution in [0, 0.1) is 5.92 Å². The van der Waals surface area contributed by atoms with Crippen LogP contribution in [0.1, 0.15) is 23.3 Å². The maximum absolute atomic E-state index is 12.5. The summed E-state index contributed by atoms with van der Waals surface area (Å²) in [4.78, 5) is 18.2. The molecule has 0 radical (unpaired) electrons. The number of aliphatic hydroxyl groups excluding tert-OH is 1. The molecule has 0 aromatic carbocycles. The smallest absolute Gasteiger partial charge is 0.383 e. The van der Waals surface area contributed by atoms with E-state index in [1.807, 2.05) is 0 Å². The third kappa shape index (κ3) is 3.03. The van der Waals surface area contributed by atoms with Gasteiger partial charge in [-0.15, -0.1) is 0 Å². The topological polar surface area (TPSA) is 57.8 Å². The van der Waals surface area contributed by atoms with Gasteiger partial charge >= 0.3 is 6.18 Å². The first-order valence-corrected chi connectivity index (χ1v) is 7.34. The van der Waals surface area contributed by atoms with Crippen LogP contribution < -0.4 is 0 Å². The number of imidazole rings is 1. The maximum Gasteiger partial charge on any atom is 0.414 e. The summed E-state index contributed by atoms with van der Waals surface area (Å²) in [6.07, 6.45) is -3.50. The minimum absolute atomic E-state index is 0.128. The second-order valence-corrected chi connectivity index (χ2v) is 5.69. The van der Waals surface area contributed by atoms with E-state index in [1.54, 1.807) is 28.8 Å². The fraction of sp³-hybridized carbons (Fsp3) is 0.467. The van der Waals surface area contributed by atoms with Crippen molar-refractivity contribution in [2.45, 2.75) is 25.1 Å². The molecule has 1 atom stereocenters. The Morgan fingerprint density at radius 2 is 2.00 bits per heavy atom. The van der Waals surface area contributed by atoms with Gasteiger partial charge in [-0.05, 0) is 30.9 Å². The number of carbonyl (C=O) groups is 1. The summed E-state index contributed by atoms with van der Waals surface area (Å²) in [5.74, 6) is -1.12. The predicted molar refractivity (Wildman–Crippen MR) is 75.9 cm³/mol. The molecule has 2 aromatic heterocycles. The first-order valence-electron chi connectivity index (χ1n) is 7.34. The monoisotopic (exact) mass is 327 g/mol. The van der Waals surface area contributed by atoms with E-state index < -0.39 is 18.2 Å². The van der Waals surface area contributed by atoms with Crippen LogP contribution in [0.2, 0.25) is 0 Å². The van der Waals surface area contributed by atoms with Gasteiger partial charge < -0.3 is 10.0 Å². The van der Waals surface area contributed by atoms with Gasteiger partial charge in [-0.2, -0.15) is 13.2 Å². The molecule has 1 aliphatic rings. The Balaban J connectivity index is 1.69. The zero-order valence-corrected chi connectivity index (χ0v) is 12.2. The Morgan fingerprint density at radius 3 is 2.65 bits per heavy atom. The van der Waals surface area contributed by atoms with Crippen molar-refractivity contribution < 1.29 is 23.1 Å². The number of piperidine rings is 1. The number of hydrogen-bond acceptors (Lipinski definition) is 3. The summed E-state index contributed by atoms with van der Waals surface area (Å²) >= 11 is 0. The third-order valence-electron chi connectivity index (χ3n) is 4.24. The second kappa shape index (κ2) is 5.84. The van der Waals surface area contributed by atoms with Crippen LogP contribution in [0.3, 0.4) is 0 Å². The molecule has 1 saturated heterocycles. The van der Waals surface area contributed by atoms with E-state index in [9.17, 15) is 23.1 Å². The number of carbonyl (C=O) groups excluding carboxylic acids is 1. The van der Waals surface area contributed by atoms with E-state index in [2.05, 4.69) is 4.98 Å². The number of halogens is 3. The zero-order chi connectivity index (χ0) is 16.6. The molecule has 1 aliphatic heterocycles. The number of hydrogen-bond donors (Lipinski definition) is 1. The molecular weight excluding hydrogens is 311 g/mol. The van der Waals surface area contributed by atoms with Gasteiger partial charge in [-0.25, -0.2) is 4.98 Å². The van der Waals surface area contributed by atoms with Crippen molar-refractivity contribution in [3.8, 4) is 0 Å². The van der Waals surface area contributed by atoms with E-state index in [0.29, 0.717) is 11.3 Å². The summed E-state index contributed by atoms with van der Waals surface area (Å²) in [6.45, 7) is 0.382. The van der Waals surface area contributed by atoms with Crippen molar-refractivity contribution in [2.75, 3.05) is 13.1 Å². The molecule has 23 heavy (non-hydrogen) atoms. The van der Waals surface area contributed by atoms with Crippen molar-refractivity contribution in [3.05, 3.63) is 36.3 Å². The number of amides is 1. The molecule has 0 bridgehead atoms. The number of likely N-dealkylation sites (tertiary alicyclic amines) is 1. The Labute approximate surface area is 130 Å². The van der Waals surface area contributed by atoms with Gasteiger partial charge in [0, 0.05) is 19.3 Å². The molecule has 2 aromatic rings. The summed E-state index contributed by atoms with van der Waals surface area (Å²) < 4.78 is 39.3. The van der Waals surface area contributed by atoms with Crippen molar-refractivity contribution in [2.24, 2.45) is 5.92 Å². The Morgan fingerprint density at radius 1 is 1.30 bits per heavy atom. The largest absolute Gasteiger partial charge is 0.414 e. The Kier molecular flexibility index (Phi) is 4.01. The van der Waals surface area contributed by atoms with Gasteiger partial charge in [0.2, 0.25) is 0 Å². The molecule has 1 N–H and O–H groups in total. The van der Waals surface area contributed by atoms with Crippen molar-refractivity contribution in [3.63, 3.8) is 0 Å². The van der Waals surface area contributed by atoms with E-state index >= 15 is 0 Å². The number of aliphatic hydroxyl groups is 1. The number of rotatable bonds is 2. The number of aromatic nitrogens is 2. The van der Waals surface area contributed by atoms with E-state index in [-0.39, 0.29) is 31.8 Å². The van der Waals surface area contributed by atoms with E-state index in [1.165, 1.54) is 11.1 Å². The first kappa shape index (κ1) is 15.8. The molecule has 124 valence electrons. The molecule has 0 saturated carbocycles. The highest BCUT2D eigenvalue weighted by Crippen LogP contribution is 2.31. The quantitative estimate of drug-likeness (QED) is 0.919. The lowest BCUT2D eigenvalue weighted by Crippen LogP contribution is -2.45. The second-order valence-electron chi connectivity index (χ2n) is 5.69. The summed E-state index contributed by atoms with van der Waals surface area (Å²) in [5.41, 5.74) is 1.02. The Bertz CT molecular complexity index is 705. The van der Waals surface area contributed by atoms with Crippen LogP contribution in [0.4, 0.5) is 13.2 Å². The first-order chi connectivity index (χ1) is 10.9. The fourth-order valence-electron chi connectivity index (χ4n) is 2.94. The van der Waals surface area contributed by atoms with Gasteiger partial charge in [0.1, 0.15) is 11.3 Å². The van der Waals surface area contributed by atoms with Crippen LogP contribution in [0.15, 0.2) is 30.6 Å². The molecule has 5 nitrogen and oxygen atoms in total. The summed E-state index contributed by atoms with van der Waals surface area (Å²) in [6, 6.07) is 5.35. The highest BCUT2D eigenvalue weighted by atomic mass is 19.4. The minimum atomic E-state index is -4.61. The average Bonchev–Trinajstić information content (AvgIpc) is 2.97. The van der Waals surface area contributed by atoms with Crippen LogP contribution >= 0.6 is 0 Å². The molecule has 3 rings (SSSR count). The van der Waals surface area contributed by atoms with Gasteiger partial charge in [0.25, 0.3) is 5.91 Å². The fourth-order valence-corrected chi connectivity index (χ4v) is 2.94. The van der Waals surface area contributed by atoms with Crippen molar-refractivity contribution in [1.82, 2.24) is 14.3 Å². The molecule has 0 aliphatic carbocycles. The summed E-state index contributed by atoms with van der Waals surface area (Å²) in [5, 5.41) is 9.32. The van der Waals surface area contributed by atoms with Gasteiger partial charge in [-0.1, -0.05) is 6.07 Å². The lowest BCUT2D eigenvalue weighted by atomic mass is 9.91. The zero-order valence-electron chi connectivity index (χ0n) is 12.2. The number of fused-ring (bicyclic) bond motifs is 1.